The second-order valence-corrected chi connectivity index (χ2v) is 8.97. The minimum absolute atomic E-state index is 0.205. The first-order chi connectivity index (χ1) is 16.6. The third-order valence-electron chi connectivity index (χ3n) is 7.08. The van der Waals surface area contributed by atoms with E-state index >= 15 is 0 Å². The Morgan fingerprint density at radius 2 is 1.35 bits per heavy atom. The minimum Gasteiger partial charge on any atom is -0.465 e. The zero-order valence-corrected chi connectivity index (χ0v) is 19.5. The van der Waals surface area contributed by atoms with E-state index in [1.807, 2.05) is 48.5 Å². The predicted octanol–water partition coefficient (Wildman–Crippen LogP) is 5.48. The smallest absolute Gasteiger partial charge is 0.323 e. The summed E-state index contributed by atoms with van der Waals surface area (Å²) in [5, 5.41) is 0. The van der Waals surface area contributed by atoms with Crippen molar-refractivity contribution in [1.29, 1.82) is 0 Å². The molecule has 0 N–H and O–H groups in total. The Morgan fingerprint density at radius 1 is 0.765 bits per heavy atom. The summed E-state index contributed by atoms with van der Waals surface area (Å²) in [6.45, 7) is 3.94. The van der Waals surface area contributed by atoms with Gasteiger partial charge in [-0.25, -0.2) is 0 Å². The molecule has 0 saturated carbocycles. The van der Waals surface area contributed by atoms with Crippen LogP contribution in [0.15, 0.2) is 84.9 Å². The average Bonchev–Trinajstić information content (AvgIpc) is 3.19. The molecular formula is C30H28O4. The minimum atomic E-state index is -1.42. The molecule has 4 nitrogen and oxygen atoms in total. The van der Waals surface area contributed by atoms with Gasteiger partial charge in [0.05, 0.1) is 13.2 Å². The Hall–Kier alpha value is -3.66. The normalized spacial score (nSPS) is 19.6. The number of esters is 2. The van der Waals surface area contributed by atoms with Gasteiger partial charge in [0, 0.05) is 5.41 Å². The monoisotopic (exact) mass is 452 g/mol. The number of fused-ring (bicyclic) bond motifs is 4. The quantitative estimate of drug-likeness (QED) is 0.380. The van der Waals surface area contributed by atoms with Crippen molar-refractivity contribution in [1.82, 2.24) is 0 Å². The molecule has 1 unspecified atom stereocenters. The van der Waals surface area contributed by atoms with Crippen LogP contribution in [0.4, 0.5) is 0 Å². The Balaban J connectivity index is 1.80. The second-order valence-electron chi connectivity index (χ2n) is 8.97. The van der Waals surface area contributed by atoms with Crippen molar-refractivity contribution in [3.05, 3.63) is 113 Å². The van der Waals surface area contributed by atoms with Gasteiger partial charge in [-0.15, -0.1) is 0 Å². The molecule has 172 valence electrons. The number of ether oxygens (including phenoxy) is 2. The molecule has 1 spiro atoms. The lowest BCUT2D eigenvalue weighted by Crippen LogP contribution is -2.51. The van der Waals surface area contributed by atoms with E-state index in [1.54, 1.807) is 13.8 Å². The Bertz CT molecular complexity index is 1260. The van der Waals surface area contributed by atoms with Crippen LogP contribution in [0, 0.1) is 5.41 Å². The molecule has 2 aliphatic carbocycles. The summed E-state index contributed by atoms with van der Waals surface area (Å²) in [6.07, 6.45) is 2.78. The van der Waals surface area contributed by atoms with E-state index in [2.05, 4.69) is 36.4 Å². The SMILES string of the molecule is CCOC(=O)C1(C(=O)OCC)Cc2ccccc2C2(C=C(c3ccccc3)c3ccccc32)C1. The van der Waals surface area contributed by atoms with Crippen LogP contribution in [0.2, 0.25) is 0 Å². The highest BCUT2D eigenvalue weighted by Crippen LogP contribution is 2.57. The fourth-order valence-electron chi connectivity index (χ4n) is 5.71. The number of rotatable bonds is 5. The van der Waals surface area contributed by atoms with Crippen molar-refractivity contribution in [2.45, 2.75) is 32.1 Å². The number of carbonyl (C=O) groups is 2. The molecule has 0 amide bonds. The van der Waals surface area contributed by atoms with E-state index in [1.165, 1.54) is 0 Å². The summed E-state index contributed by atoms with van der Waals surface area (Å²) in [4.78, 5) is 27.0. The van der Waals surface area contributed by atoms with E-state index in [0.29, 0.717) is 0 Å². The van der Waals surface area contributed by atoms with Gasteiger partial charge in [-0.1, -0.05) is 84.9 Å². The molecule has 0 fully saturated rings. The standard InChI is InChI=1S/C30H28O4/c1-3-33-27(31)30(28(32)34-4-2)18-22-14-8-10-16-25(22)29(20-30)19-24(21-12-6-5-7-13-21)23-15-9-11-17-26(23)29/h5-17,19H,3-4,18,20H2,1-2H3. The van der Waals surface area contributed by atoms with Gasteiger partial charge in [0.15, 0.2) is 5.41 Å². The average molecular weight is 453 g/mol. The zero-order valence-electron chi connectivity index (χ0n) is 19.5. The van der Waals surface area contributed by atoms with E-state index in [9.17, 15) is 9.59 Å². The summed E-state index contributed by atoms with van der Waals surface area (Å²) in [7, 11) is 0. The largest absolute Gasteiger partial charge is 0.465 e. The van der Waals surface area contributed by atoms with Crippen molar-refractivity contribution in [2.75, 3.05) is 13.2 Å². The van der Waals surface area contributed by atoms with Crippen LogP contribution in [0.1, 0.15) is 48.1 Å². The van der Waals surface area contributed by atoms with E-state index < -0.39 is 22.8 Å². The molecule has 3 aromatic rings. The fraction of sp³-hybridized carbons (Fsp3) is 0.267. The van der Waals surface area contributed by atoms with E-state index in [4.69, 9.17) is 9.47 Å². The number of allylic oxidation sites excluding steroid dienone is 1. The van der Waals surface area contributed by atoms with Gasteiger partial charge in [0.2, 0.25) is 0 Å². The van der Waals surface area contributed by atoms with Crippen molar-refractivity contribution < 1.29 is 19.1 Å². The lowest BCUT2D eigenvalue weighted by atomic mass is 9.58. The summed E-state index contributed by atoms with van der Waals surface area (Å²) >= 11 is 0. The van der Waals surface area contributed by atoms with Crippen molar-refractivity contribution in [3.8, 4) is 0 Å². The lowest BCUT2D eigenvalue weighted by molar-refractivity contribution is -0.174. The second kappa shape index (κ2) is 8.60. The summed E-state index contributed by atoms with van der Waals surface area (Å²) in [5.41, 5.74) is 4.44. The molecule has 0 bridgehead atoms. The van der Waals surface area contributed by atoms with Crippen LogP contribution in [-0.4, -0.2) is 25.2 Å². The van der Waals surface area contributed by atoms with E-state index in [-0.39, 0.29) is 26.1 Å². The van der Waals surface area contributed by atoms with Gasteiger partial charge in [0.1, 0.15) is 0 Å². The highest BCUT2D eigenvalue weighted by molar-refractivity contribution is 6.02. The van der Waals surface area contributed by atoms with Gasteiger partial charge < -0.3 is 9.47 Å². The number of carbonyl (C=O) groups excluding carboxylic acids is 2. The van der Waals surface area contributed by atoms with Crippen molar-refractivity contribution in [2.24, 2.45) is 5.41 Å². The van der Waals surface area contributed by atoms with Gasteiger partial charge in [-0.2, -0.15) is 0 Å². The third-order valence-corrected chi connectivity index (χ3v) is 7.08. The maximum Gasteiger partial charge on any atom is 0.323 e. The summed E-state index contributed by atoms with van der Waals surface area (Å²) in [6, 6.07) is 26.7. The topological polar surface area (TPSA) is 52.6 Å². The molecule has 0 aromatic heterocycles. The molecular weight excluding hydrogens is 424 g/mol. The van der Waals surface area contributed by atoms with Crippen LogP contribution in [0.5, 0.6) is 0 Å². The molecule has 0 heterocycles. The molecule has 34 heavy (non-hydrogen) atoms. The van der Waals surface area contributed by atoms with Crippen LogP contribution in [0.3, 0.4) is 0 Å². The maximum atomic E-state index is 13.5. The van der Waals surface area contributed by atoms with Crippen molar-refractivity contribution in [3.63, 3.8) is 0 Å². The van der Waals surface area contributed by atoms with Gasteiger partial charge in [-0.05, 0) is 60.1 Å². The Labute approximate surface area is 200 Å². The predicted molar refractivity (Wildman–Crippen MR) is 131 cm³/mol. The first kappa shape index (κ1) is 22.1. The molecule has 0 saturated heterocycles. The zero-order chi connectivity index (χ0) is 23.8. The molecule has 1 atom stereocenters. The first-order valence-electron chi connectivity index (χ1n) is 11.9. The lowest BCUT2D eigenvalue weighted by Gasteiger charge is -2.44. The third kappa shape index (κ3) is 3.28. The van der Waals surface area contributed by atoms with Gasteiger partial charge in [0.25, 0.3) is 0 Å². The van der Waals surface area contributed by atoms with Crippen LogP contribution in [-0.2, 0) is 30.9 Å². The number of hydrogen-bond acceptors (Lipinski definition) is 4. The molecule has 5 rings (SSSR count). The van der Waals surface area contributed by atoms with Crippen LogP contribution in [0.25, 0.3) is 5.57 Å². The highest BCUT2D eigenvalue weighted by atomic mass is 16.6. The molecule has 4 heteroatoms. The summed E-state index contributed by atoms with van der Waals surface area (Å²) < 4.78 is 11.0. The fourth-order valence-corrected chi connectivity index (χ4v) is 5.71. The van der Waals surface area contributed by atoms with Gasteiger partial charge >= 0.3 is 11.9 Å². The van der Waals surface area contributed by atoms with Crippen LogP contribution >= 0.6 is 0 Å². The summed E-state index contributed by atoms with van der Waals surface area (Å²) in [5.74, 6) is -1.03. The molecule has 0 radical (unpaired) electrons. The Morgan fingerprint density at radius 3 is 2.03 bits per heavy atom. The first-order valence-corrected chi connectivity index (χ1v) is 11.9. The number of hydrogen-bond donors (Lipinski definition) is 0. The Kier molecular flexibility index (Phi) is 5.60. The maximum absolute atomic E-state index is 13.5. The highest BCUT2D eigenvalue weighted by Gasteiger charge is 2.59. The molecule has 0 aliphatic heterocycles. The van der Waals surface area contributed by atoms with Crippen LogP contribution < -0.4 is 0 Å². The van der Waals surface area contributed by atoms with Crippen molar-refractivity contribution >= 4 is 17.5 Å². The van der Waals surface area contributed by atoms with Gasteiger partial charge in [-0.3, -0.25) is 9.59 Å². The molecule has 2 aliphatic rings. The molecule has 3 aromatic carbocycles. The van der Waals surface area contributed by atoms with E-state index in [0.717, 1.165) is 33.4 Å². The number of benzene rings is 3.